The van der Waals surface area contributed by atoms with Crippen molar-refractivity contribution in [1.29, 1.82) is 0 Å². The van der Waals surface area contributed by atoms with Crippen molar-refractivity contribution in [3.8, 4) is 0 Å². The molecule has 0 atom stereocenters. The summed E-state index contributed by atoms with van der Waals surface area (Å²) in [5.41, 5.74) is -0.839. The van der Waals surface area contributed by atoms with Crippen LogP contribution in [0.1, 0.15) is 11.1 Å². The van der Waals surface area contributed by atoms with Crippen molar-refractivity contribution in [2.45, 2.75) is 61.7 Å². The number of aryl methyl sites for hydroxylation is 2. The first kappa shape index (κ1) is 30.6. The fourth-order valence-corrected chi connectivity index (χ4v) is 2.35. The van der Waals surface area contributed by atoms with Crippen LogP contribution < -0.4 is 5.32 Å². The van der Waals surface area contributed by atoms with Crippen molar-refractivity contribution in [3.63, 3.8) is 0 Å². The van der Waals surface area contributed by atoms with Crippen LogP contribution in [0.2, 0.25) is 0 Å². The molecule has 0 aromatic heterocycles. The van der Waals surface area contributed by atoms with E-state index in [-0.39, 0.29) is 11.1 Å². The Morgan fingerprint density at radius 1 is 0.686 bits per heavy atom. The lowest BCUT2D eigenvalue weighted by atomic mass is 9.89. The summed E-state index contributed by atoms with van der Waals surface area (Å²) < 4.78 is 213. The van der Waals surface area contributed by atoms with E-state index in [0.29, 0.717) is 0 Å². The van der Waals surface area contributed by atoms with Gasteiger partial charge in [-0.3, -0.25) is 4.79 Å². The van der Waals surface area contributed by atoms with E-state index in [9.17, 15) is 75.0 Å². The number of rotatable bonds is 9. The van der Waals surface area contributed by atoms with Gasteiger partial charge in [0.25, 0.3) is 0 Å². The highest BCUT2D eigenvalue weighted by Gasteiger charge is 2.94. The van der Waals surface area contributed by atoms with E-state index in [1.165, 1.54) is 13.0 Å². The third-order valence-corrected chi connectivity index (χ3v) is 4.59. The fourth-order valence-electron chi connectivity index (χ4n) is 2.35. The lowest BCUT2D eigenvalue weighted by Crippen LogP contribution is -2.74. The average Bonchev–Trinajstić information content (AvgIpc) is 2.69. The number of carbonyl (C=O) groups is 1. The van der Waals surface area contributed by atoms with Crippen LogP contribution >= 0.6 is 0 Å². The largest absolute Gasteiger partial charge is 0.393 e. The molecular weight excluding hydrogens is 538 g/mol. The van der Waals surface area contributed by atoms with Gasteiger partial charge in [0.1, 0.15) is 0 Å². The van der Waals surface area contributed by atoms with Gasteiger partial charge >= 0.3 is 53.8 Å². The number of hydrogen-bond acceptors (Lipinski definition) is 1. The van der Waals surface area contributed by atoms with Crippen LogP contribution in [0, 0.1) is 13.8 Å². The summed E-state index contributed by atoms with van der Waals surface area (Å²) in [4.78, 5) is 11.5. The molecule has 0 aliphatic heterocycles. The van der Waals surface area contributed by atoms with Crippen molar-refractivity contribution in [2.24, 2.45) is 0 Å². The fraction of sp³-hybridized carbons (Fsp3) is 0.588. The summed E-state index contributed by atoms with van der Waals surface area (Å²) in [6.07, 6.45) is -5.92. The van der Waals surface area contributed by atoms with Gasteiger partial charge in [0.05, 0.1) is 0 Å². The molecule has 0 unspecified atom stereocenters. The van der Waals surface area contributed by atoms with Crippen molar-refractivity contribution in [3.05, 3.63) is 29.3 Å². The van der Waals surface area contributed by atoms with Crippen LogP contribution in [0.25, 0.3) is 0 Å². The highest BCUT2D eigenvalue weighted by molar-refractivity contribution is 5.97. The number of hydrogen-bond donors (Lipinski definition) is 1. The molecule has 1 aromatic carbocycles. The maximum absolute atomic E-state index is 13.9. The lowest BCUT2D eigenvalue weighted by molar-refractivity contribution is -0.443. The van der Waals surface area contributed by atoms with Crippen LogP contribution in [0.4, 0.5) is 75.9 Å². The van der Waals surface area contributed by atoms with Crippen LogP contribution in [-0.2, 0) is 4.79 Å². The zero-order chi connectivity index (χ0) is 28.2. The number of halogens is 16. The van der Waals surface area contributed by atoms with E-state index in [1.54, 1.807) is 0 Å². The van der Waals surface area contributed by atoms with Gasteiger partial charge in [-0.15, -0.1) is 0 Å². The Hall–Kier alpha value is -2.43. The summed E-state index contributed by atoms with van der Waals surface area (Å²) in [7, 11) is 0. The molecule has 0 aliphatic carbocycles. The first-order valence-electron chi connectivity index (χ1n) is 8.56. The first-order valence-corrected chi connectivity index (χ1v) is 8.56. The minimum Gasteiger partial charge on any atom is -0.320 e. The van der Waals surface area contributed by atoms with Gasteiger partial charge in [-0.25, -0.2) is 8.78 Å². The molecule has 0 aliphatic rings. The summed E-state index contributed by atoms with van der Waals surface area (Å²) >= 11 is 0. The van der Waals surface area contributed by atoms with Crippen LogP contribution in [0.3, 0.4) is 0 Å². The normalized spacial score (nSPS) is 14.9. The highest BCUT2D eigenvalue weighted by Crippen LogP contribution is 2.62. The molecule has 0 bridgehead atoms. The Kier molecular flexibility index (Phi) is 7.52. The molecule has 18 heteroatoms. The molecule has 0 saturated heterocycles. The Morgan fingerprint density at radius 3 is 1.51 bits per heavy atom. The maximum Gasteiger partial charge on any atom is 0.393 e. The van der Waals surface area contributed by atoms with Gasteiger partial charge in [-0.05, 0) is 31.0 Å². The quantitative estimate of drug-likeness (QED) is 0.332. The monoisotopic (exact) mass is 549 g/mol. The molecule has 1 amide bonds. The Labute approximate surface area is 184 Å². The van der Waals surface area contributed by atoms with Gasteiger partial charge in [0.2, 0.25) is 0 Å². The minimum absolute atomic E-state index is 0.139. The third-order valence-electron chi connectivity index (χ3n) is 4.59. The Morgan fingerprint density at radius 2 is 1.09 bits per heavy atom. The van der Waals surface area contributed by atoms with Crippen LogP contribution in [-0.4, -0.2) is 53.8 Å². The van der Waals surface area contributed by atoms with Gasteiger partial charge in [0, 0.05) is 5.69 Å². The summed E-state index contributed by atoms with van der Waals surface area (Å²) in [5, 5.41) is 0.927. The van der Waals surface area contributed by atoms with E-state index in [2.05, 4.69) is 0 Å². The molecule has 202 valence electrons. The maximum atomic E-state index is 13.9. The van der Waals surface area contributed by atoms with Crippen molar-refractivity contribution in [2.75, 3.05) is 5.32 Å². The summed E-state index contributed by atoms with van der Waals surface area (Å²) in [6.45, 7) is 2.29. The SMILES string of the molecule is Cc1ccc(C)c(NC(=O)C(F)(F)C(F)(F)C(F)(F)C(F)(F)C(F)(F)C(F)(F)C(F)(F)C(F)F)c1. The Balaban J connectivity index is 3.57. The summed E-state index contributed by atoms with van der Waals surface area (Å²) in [6, 6.07) is 3.12. The van der Waals surface area contributed by atoms with E-state index in [0.717, 1.165) is 24.4 Å². The molecule has 0 radical (unpaired) electrons. The minimum atomic E-state index is -8.55. The molecule has 35 heavy (non-hydrogen) atoms. The molecule has 0 spiro atoms. The van der Waals surface area contributed by atoms with Gasteiger partial charge < -0.3 is 5.32 Å². The predicted octanol–water partition coefficient (Wildman–Crippen LogP) is 6.95. The van der Waals surface area contributed by atoms with Crippen LogP contribution in [0.15, 0.2) is 18.2 Å². The zero-order valence-electron chi connectivity index (χ0n) is 16.8. The molecule has 1 N–H and O–H groups in total. The predicted molar refractivity (Wildman–Crippen MR) is 85.2 cm³/mol. The first-order chi connectivity index (χ1) is 15.2. The number of anilines is 1. The molecule has 2 nitrogen and oxygen atoms in total. The number of carbonyl (C=O) groups excluding carboxylic acids is 1. The smallest absolute Gasteiger partial charge is 0.320 e. The molecular formula is C17H11F16NO. The van der Waals surface area contributed by atoms with Gasteiger partial charge in [-0.1, -0.05) is 12.1 Å². The van der Waals surface area contributed by atoms with Crippen molar-refractivity contribution in [1.82, 2.24) is 0 Å². The van der Waals surface area contributed by atoms with Crippen molar-refractivity contribution >= 4 is 11.6 Å². The van der Waals surface area contributed by atoms with E-state index in [4.69, 9.17) is 0 Å². The van der Waals surface area contributed by atoms with Crippen LogP contribution in [0.5, 0.6) is 0 Å². The number of nitrogens with one attached hydrogen (secondary N) is 1. The van der Waals surface area contributed by atoms with E-state index >= 15 is 0 Å². The third kappa shape index (κ3) is 4.25. The topological polar surface area (TPSA) is 29.1 Å². The molecule has 1 rings (SSSR count). The molecule has 0 heterocycles. The number of benzene rings is 1. The standard InChI is InChI=1S/C17H11F16NO/c1-6-3-4-7(2)8(5-6)34-10(35)12(22,23)14(26,27)16(30,31)17(32,33)15(28,29)13(24,25)11(20,21)9(18)19/h3-5,9H,1-2H3,(H,34,35). The molecule has 0 fully saturated rings. The number of amides is 1. The van der Waals surface area contributed by atoms with E-state index in [1.807, 2.05) is 0 Å². The second-order valence-electron chi connectivity index (χ2n) is 7.14. The highest BCUT2D eigenvalue weighted by atomic mass is 19.4. The molecule has 1 aromatic rings. The van der Waals surface area contributed by atoms with Crippen molar-refractivity contribution < 1.29 is 75.0 Å². The zero-order valence-corrected chi connectivity index (χ0v) is 16.8. The second-order valence-corrected chi connectivity index (χ2v) is 7.14. The Bertz CT molecular complexity index is 955. The van der Waals surface area contributed by atoms with Gasteiger partial charge in [-0.2, -0.15) is 61.5 Å². The average molecular weight is 549 g/mol. The second kappa shape index (κ2) is 8.60. The number of alkyl halides is 16. The molecule has 0 saturated carbocycles. The van der Waals surface area contributed by atoms with E-state index < -0.39 is 59.5 Å². The van der Waals surface area contributed by atoms with Gasteiger partial charge in [0.15, 0.2) is 0 Å². The lowest BCUT2D eigenvalue weighted by Gasteiger charge is -2.42. The summed E-state index contributed by atoms with van der Waals surface area (Å²) in [5.74, 6) is -59.7.